The van der Waals surface area contributed by atoms with Gasteiger partial charge in [0, 0.05) is 36.9 Å². The summed E-state index contributed by atoms with van der Waals surface area (Å²) in [6, 6.07) is 7.72. The molecule has 1 aromatic carbocycles. The fraction of sp³-hybridized carbons (Fsp3) is 0.389. The van der Waals surface area contributed by atoms with Crippen molar-refractivity contribution in [3.8, 4) is 17.4 Å². The van der Waals surface area contributed by atoms with Crippen LogP contribution in [0, 0.1) is 0 Å². The number of ether oxygens (including phenoxy) is 4. The van der Waals surface area contributed by atoms with Crippen molar-refractivity contribution in [2.45, 2.75) is 13.1 Å². The molecule has 1 aromatic heterocycles. The van der Waals surface area contributed by atoms with Crippen LogP contribution in [0.15, 0.2) is 34.9 Å². The summed E-state index contributed by atoms with van der Waals surface area (Å²) in [6.07, 6.45) is 1.80. The molecule has 0 radical (unpaired) electrons. The van der Waals surface area contributed by atoms with Gasteiger partial charge in [-0.25, -0.2) is 4.98 Å². The number of benzene rings is 1. The third-order valence-electron chi connectivity index (χ3n) is 3.53. The average molecular weight is 411 g/mol. The fourth-order valence-corrected chi connectivity index (χ4v) is 2.67. The maximum atomic E-state index is 5.45. The van der Waals surface area contributed by atoms with Crippen LogP contribution < -0.4 is 19.5 Å². The predicted molar refractivity (Wildman–Crippen MR) is 99.4 cm³/mol. The Morgan fingerprint density at radius 3 is 2.40 bits per heavy atom. The van der Waals surface area contributed by atoms with E-state index in [0.717, 1.165) is 15.6 Å². The summed E-state index contributed by atoms with van der Waals surface area (Å²) in [5, 5.41) is 3.39. The van der Waals surface area contributed by atoms with E-state index in [-0.39, 0.29) is 0 Å². The molecule has 7 heteroatoms. The van der Waals surface area contributed by atoms with E-state index in [1.54, 1.807) is 27.5 Å². The quantitative estimate of drug-likeness (QED) is 0.606. The first-order chi connectivity index (χ1) is 12.2. The molecule has 1 N–H and O–H groups in total. The standard InChI is InChI=1S/C18H23BrN2O4/c1-22-6-7-25-18-5-4-13(11-21-18)10-20-12-14-8-16(23-2)17(24-3)9-15(14)19/h4-5,8-9,11,20H,6-7,10,12H2,1-3H3. The lowest BCUT2D eigenvalue weighted by Gasteiger charge is -2.12. The number of nitrogens with zero attached hydrogens (tertiary/aromatic N) is 1. The van der Waals surface area contributed by atoms with Crippen molar-refractivity contribution in [1.29, 1.82) is 0 Å². The Kier molecular flexibility index (Phi) is 7.97. The highest BCUT2D eigenvalue weighted by molar-refractivity contribution is 9.10. The van der Waals surface area contributed by atoms with Gasteiger partial charge in [-0.3, -0.25) is 0 Å². The molecule has 0 aliphatic rings. The second-order valence-corrected chi connectivity index (χ2v) is 6.10. The first kappa shape index (κ1) is 19.5. The van der Waals surface area contributed by atoms with E-state index < -0.39 is 0 Å². The first-order valence-electron chi connectivity index (χ1n) is 7.85. The fourth-order valence-electron chi connectivity index (χ4n) is 2.20. The normalized spacial score (nSPS) is 10.6. The molecule has 2 aromatic rings. The molecule has 0 unspecified atom stereocenters. The smallest absolute Gasteiger partial charge is 0.213 e. The van der Waals surface area contributed by atoms with Gasteiger partial charge in [0.15, 0.2) is 11.5 Å². The summed E-state index contributed by atoms with van der Waals surface area (Å²) in [4.78, 5) is 4.28. The Labute approximate surface area is 156 Å². The van der Waals surface area contributed by atoms with Crippen LogP contribution in [0.4, 0.5) is 0 Å². The van der Waals surface area contributed by atoms with Crippen LogP contribution in [0.5, 0.6) is 17.4 Å². The lowest BCUT2D eigenvalue weighted by molar-refractivity contribution is 0.143. The van der Waals surface area contributed by atoms with Gasteiger partial charge < -0.3 is 24.3 Å². The molecule has 0 aliphatic heterocycles. The lowest BCUT2D eigenvalue weighted by Crippen LogP contribution is -2.13. The van der Waals surface area contributed by atoms with Gasteiger partial charge in [0.05, 0.1) is 20.8 Å². The van der Waals surface area contributed by atoms with Crippen LogP contribution >= 0.6 is 15.9 Å². The van der Waals surface area contributed by atoms with Crippen molar-refractivity contribution in [2.24, 2.45) is 0 Å². The Morgan fingerprint density at radius 1 is 1.00 bits per heavy atom. The molecular weight excluding hydrogens is 388 g/mol. The Hall–Kier alpha value is -1.83. The van der Waals surface area contributed by atoms with E-state index in [9.17, 15) is 0 Å². The van der Waals surface area contributed by atoms with Crippen molar-refractivity contribution in [2.75, 3.05) is 34.5 Å². The zero-order valence-corrected chi connectivity index (χ0v) is 16.3. The molecule has 0 atom stereocenters. The van der Waals surface area contributed by atoms with Gasteiger partial charge in [-0.1, -0.05) is 22.0 Å². The van der Waals surface area contributed by atoms with Gasteiger partial charge in [0.25, 0.3) is 0 Å². The SMILES string of the molecule is COCCOc1ccc(CNCc2cc(OC)c(OC)cc2Br)cn1. The maximum Gasteiger partial charge on any atom is 0.213 e. The number of hydrogen-bond donors (Lipinski definition) is 1. The van der Waals surface area contributed by atoms with Gasteiger partial charge in [-0.15, -0.1) is 0 Å². The Bertz CT molecular complexity index is 665. The van der Waals surface area contributed by atoms with Crippen LogP contribution in [0.3, 0.4) is 0 Å². The molecule has 6 nitrogen and oxygen atoms in total. The molecule has 2 rings (SSSR count). The van der Waals surface area contributed by atoms with Gasteiger partial charge in [0.1, 0.15) is 6.61 Å². The van der Waals surface area contributed by atoms with E-state index in [0.29, 0.717) is 43.7 Å². The van der Waals surface area contributed by atoms with E-state index in [4.69, 9.17) is 18.9 Å². The number of nitrogens with one attached hydrogen (secondary N) is 1. The van der Waals surface area contributed by atoms with Gasteiger partial charge in [-0.05, 0) is 23.3 Å². The van der Waals surface area contributed by atoms with Crippen LogP contribution in [0.1, 0.15) is 11.1 Å². The van der Waals surface area contributed by atoms with Crippen molar-refractivity contribution >= 4 is 15.9 Å². The van der Waals surface area contributed by atoms with Crippen molar-refractivity contribution in [3.05, 3.63) is 46.1 Å². The van der Waals surface area contributed by atoms with E-state index >= 15 is 0 Å². The van der Waals surface area contributed by atoms with E-state index in [1.807, 2.05) is 24.3 Å². The molecule has 0 amide bonds. The molecule has 0 bridgehead atoms. The van der Waals surface area contributed by atoms with E-state index in [2.05, 4.69) is 26.2 Å². The molecule has 136 valence electrons. The van der Waals surface area contributed by atoms with Crippen LogP contribution in [0.2, 0.25) is 0 Å². The monoisotopic (exact) mass is 410 g/mol. The number of pyridine rings is 1. The zero-order chi connectivity index (χ0) is 18.1. The zero-order valence-electron chi connectivity index (χ0n) is 14.7. The topological polar surface area (TPSA) is 61.8 Å². The van der Waals surface area contributed by atoms with Gasteiger partial charge >= 0.3 is 0 Å². The molecule has 25 heavy (non-hydrogen) atoms. The summed E-state index contributed by atoms with van der Waals surface area (Å²) < 4.78 is 22.0. The van der Waals surface area contributed by atoms with Crippen molar-refractivity contribution < 1.29 is 18.9 Å². The van der Waals surface area contributed by atoms with Gasteiger partial charge in [-0.2, -0.15) is 0 Å². The Morgan fingerprint density at radius 2 is 1.76 bits per heavy atom. The number of rotatable bonds is 10. The molecule has 0 saturated heterocycles. The molecule has 0 aliphatic carbocycles. The number of methoxy groups -OCH3 is 3. The van der Waals surface area contributed by atoms with Gasteiger partial charge in [0.2, 0.25) is 5.88 Å². The molecule has 0 spiro atoms. The van der Waals surface area contributed by atoms with Crippen LogP contribution in [-0.2, 0) is 17.8 Å². The highest BCUT2D eigenvalue weighted by Gasteiger charge is 2.09. The largest absolute Gasteiger partial charge is 0.493 e. The third kappa shape index (κ3) is 5.88. The summed E-state index contributed by atoms with van der Waals surface area (Å²) in [6.45, 7) is 2.43. The molecular formula is C18H23BrN2O4. The molecule has 0 saturated carbocycles. The minimum Gasteiger partial charge on any atom is -0.493 e. The second-order valence-electron chi connectivity index (χ2n) is 5.25. The first-order valence-corrected chi connectivity index (χ1v) is 8.65. The number of hydrogen-bond acceptors (Lipinski definition) is 6. The minimum atomic E-state index is 0.494. The van der Waals surface area contributed by atoms with Crippen molar-refractivity contribution in [3.63, 3.8) is 0 Å². The highest BCUT2D eigenvalue weighted by atomic mass is 79.9. The number of aromatic nitrogens is 1. The van der Waals surface area contributed by atoms with E-state index in [1.165, 1.54) is 0 Å². The maximum absolute atomic E-state index is 5.45. The third-order valence-corrected chi connectivity index (χ3v) is 4.27. The number of halogens is 1. The average Bonchev–Trinajstić information content (AvgIpc) is 2.64. The summed E-state index contributed by atoms with van der Waals surface area (Å²) >= 11 is 3.56. The lowest BCUT2D eigenvalue weighted by atomic mass is 10.2. The van der Waals surface area contributed by atoms with Crippen LogP contribution in [-0.4, -0.2) is 39.5 Å². The summed E-state index contributed by atoms with van der Waals surface area (Å²) in [5.74, 6) is 2.01. The highest BCUT2D eigenvalue weighted by Crippen LogP contribution is 2.33. The minimum absolute atomic E-state index is 0.494. The van der Waals surface area contributed by atoms with Crippen LogP contribution in [0.25, 0.3) is 0 Å². The summed E-state index contributed by atoms with van der Waals surface area (Å²) in [7, 11) is 4.89. The van der Waals surface area contributed by atoms with Crippen molar-refractivity contribution in [1.82, 2.24) is 10.3 Å². The molecule has 0 fully saturated rings. The predicted octanol–water partition coefficient (Wildman–Crippen LogP) is 3.18. The molecule has 1 heterocycles. The Balaban J connectivity index is 1.88. The summed E-state index contributed by atoms with van der Waals surface area (Å²) in [5.41, 5.74) is 2.17. The second kappa shape index (κ2) is 10.2.